The summed E-state index contributed by atoms with van der Waals surface area (Å²) in [7, 11) is 0. The molecule has 1 amide bonds. The summed E-state index contributed by atoms with van der Waals surface area (Å²) >= 11 is 0. The van der Waals surface area contributed by atoms with Crippen LogP contribution in [-0.4, -0.2) is 16.1 Å². The van der Waals surface area contributed by atoms with Gasteiger partial charge >= 0.3 is 0 Å². The third-order valence-corrected chi connectivity index (χ3v) is 4.66. The standard InChI is InChI=1S/C21H29N3O/c1-13(2)12-17(25)22-20-18(14-6-7-14)23-24-19(20)15-8-10-16(11-9-15)21(3,4)5/h8-11,13-14H,6-7,12H2,1-5H3,(H,22,25)(H,23,24). The molecule has 0 radical (unpaired) electrons. The number of benzene rings is 1. The first-order valence-corrected chi connectivity index (χ1v) is 9.24. The van der Waals surface area contributed by atoms with Crippen LogP contribution < -0.4 is 5.32 Å². The van der Waals surface area contributed by atoms with Crippen LogP contribution in [0, 0.1) is 5.92 Å². The van der Waals surface area contributed by atoms with Gasteiger partial charge in [0.05, 0.1) is 11.4 Å². The fourth-order valence-corrected chi connectivity index (χ4v) is 3.05. The quantitative estimate of drug-likeness (QED) is 0.783. The highest BCUT2D eigenvalue weighted by Gasteiger charge is 2.31. The second kappa shape index (κ2) is 6.66. The number of hydrogen-bond donors (Lipinski definition) is 2. The number of anilines is 1. The molecule has 1 aromatic carbocycles. The van der Waals surface area contributed by atoms with Crippen molar-refractivity contribution in [3.8, 4) is 11.3 Å². The second-order valence-corrected chi connectivity index (χ2v) is 8.61. The number of aromatic nitrogens is 2. The van der Waals surface area contributed by atoms with Gasteiger partial charge < -0.3 is 5.32 Å². The topological polar surface area (TPSA) is 57.8 Å². The Kier molecular flexibility index (Phi) is 4.72. The number of aromatic amines is 1. The first-order valence-electron chi connectivity index (χ1n) is 9.24. The van der Waals surface area contributed by atoms with Crippen molar-refractivity contribution in [3.05, 3.63) is 35.5 Å². The summed E-state index contributed by atoms with van der Waals surface area (Å²) in [5, 5.41) is 10.8. The van der Waals surface area contributed by atoms with E-state index in [1.165, 1.54) is 5.56 Å². The summed E-state index contributed by atoms with van der Waals surface area (Å²) in [6, 6.07) is 8.51. The molecule has 1 aromatic heterocycles. The highest BCUT2D eigenvalue weighted by molar-refractivity contribution is 5.95. The van der Waals surface area contributed by atoms with Crippen molar-refractivity contribution in [1.82, 2.24) is 10.2 Å². The van der Waals surface area contributed by atoms with E-state index in [9.17, 15) is 4.79 Å². The molecule has 1 aliphatic rings. The highest BCUT2D eigenvalue weighted by atomic mass is 16.1. The molecule has 4 heteroatoms. The van der Waals surface area contributed by atoms with Gasteiger partial charge in [-0.25, -0.2) is 0 Å². The minimum absolute atomic E-state index is 0.0610. The van der Waals surface area contributed by atoms with Crippen molar-refractivity contribution in [2.75, 3.05) is 5.32 Å². The highest BCUT2D eigenvalue weighted by Crippen LogP contribution is 2.45. The lowest BCUT2D eigenvalue weighted by Crippen LogP contribution is -2.15. The molecule has 4 nitrogen and oxygen atoms in total. The Bertz CT molecular complexity index is 746. The number of hydrogen-bond acceptors (Lipinski definition) is 2. The lowest BCUT2D eigenvalue weighted by molar-refractivity contribution is -0.116. The minimum Gasteiger partial charge on any atom is -0.323 e. The van der Waals surface area contributed by atoms with Gasteiger partial charge in [0, 0.05) is 17.9 Å². The van der Waals surface area contributed by atoms with E-state index in [0.717, 1.165) is 35.5 Å². The number of H-pyrrole nitrogens is 1. The van der Waals surface area contributed by atoms with E-state index in [1.807, 2.05) is 0 Å². The van der Waals surface area contributed by atoms with Crippen molar-refractivity contribution >= 4 is 11.6 Å². The van der Waals surface area contributed by atoms with Crippen LogP contribution in [0.4, 0.5) is 5.69 Å². The average Bonchev–Trinajstić information content (AvgIpc) is 3.27. The van der Waals surface area contributed by atoms with Gasteiger partial charge in [0.25, 0.3) is 0 Å². The molecule has 25 heavy (non-hydrogen) atoms. The maximum Gasteiger partial charge on any atom is 0.224 e. The van der Waals surface area contributed by atoms with E-state index in [4.69, 9.17) is 0 Å². The van der Waals surface area contributed by atoms with E-state index < -0.39 is 0 Å². The number of carbonyl (C=O) groups is 1. The molecule has 0 saturated heterocycles. The molecule has 1 fully saturated rings. The lowest BCUT2D eigenvalue weighted by atomic mass is 9.86. The summed E-state index contributed by atoms with van der Waals surface area (Å²) in [5.41, 5.74) is 5.25. The smallest absolute Gasteiger partial charge is 0.224 e. The first kappa shape index (κ1) is 17.7. The second-order valence-electron chi connectivity index (χ2n) is 8.61. The van der Waals surface area contributed by atoms with E-state index in [2.05, 4.69) is 74.4 Å². The van der Waals surface area contributed by atoms with Crippen molar-refractivity contribution in [2.24, 2.45) is 5.92 Å². The van der Waals surface area contributed by atoms with Crippen LogP contribution in [0.25, 0.3) is 11.3 Å². The number of nitrogens with one attached hydrogen (secondary N) is 2. The van der Waals surface area contributed by atoms with Crippen LogP contribution >= 0.6 is 0 Å². The molecule has 2 aromatic rings. The Balaban J connectivity index is 1.92. The van der Waals surface area contributed by atoms with Gasteiger partial charge in [-0.15, -0.1) is 0 Å². The zero-order chi connectivity index (χ0) is 18.2. The van der Waals surface area contributed by atoms with Crippen LogP contribution in [0.5, 0.6) is 0 Å². The molecule has 0 unspecified atom stereocenters. The summed E-state index contributed by atoms with van der Waals surface area (Å²) in [6.07, 6.45) is 2.85. The fraction of sp³-hybridized carbons (Fsp3) is 0.524. The molecule has 0 atom stereocenters. The SMILES string of the molecule is CC(C)CC(=O)Nc1c(-c2ccc(C(C)(C)C)cc2)n[nH]c1C1CC1. The molecular weight excluding hydrogens is 310 g/mol. The molecule has 0 spiro atoms. The van der Waals surface area contributed by atoms with Crippen LogP contribution in [-0.2, 0) is 10.2 Å². The summed E-state index contributed by atoms with van der Waals surface area (Å²) in [4.78, 5) is 12.3. The van der Waals surface area contributed by atoms with Crippen LogP contribution in [0.1, 0.15) is 71.1 Å². The molecule has 1 heterocycles. The Labute approximate surface area is 150 Å². The van der Waals surface area contributed by atoms with Crippen molar-refractivity contribution in [3.63, 3.8) is 0 Å². The zero-order valence-electron chi connectivity index (χ0n) is 15.9. The third-order valence-electron chi connectivity index (χ3n) is 4.66. The molecule has 2 N–H and O–H groups in total. The van der Waals surface area contributed by atoms with E-state index in [-0.39, 0.29) is 11.3 Å². The van der Waals surface area contributed by atoms with Gasteiger partial charge in [-0.05, 0) is 29.7 Å². The molecule has 3 rings (SSSR count). The number of rotatable bonds is 5. The van der Waals surface area contributed by atoms with Crippen LogP contribution in [0.3, 0.4) is 0 Å². The predicted octanol–water partition coefficient (Wildman–Crippen LogP) is 5.24. The average molecular weight is 339 g/mol. The number of amides is 1. The lowest BCUT2D eigenvalue weighted by Gasteiger charge is -2.19. The normalized spacial score (nSPS) is 14.8. The van der Waals surface area contributed by atoms with Crippen molar-refractivity contribution in [1.29, 1.82) is 0 Å². The van der Waals surface area contributed by atoms with Gasteiger partial charge in [0.15, 0.2) is 0 Å². The molecular formula is C21H29N3O. The largest absolute Gasteiger partial charge is 0.323 e. The maximum absolute atomic E-state index is 12.3. The Morgan fingerprint density at radius 1 is 1.24 bits per heavy atom. The molecule has 134 valence electrons. The van der Waals surface area contributed by atoms with Crippen LogP contribution in [0.2, 0.25) is 0 Å². The molecule has 1 saturated carbocycles. The van der Waals surface area contributed by atoms with Gasteiger partial charge in [-0.1, -0.05) is 58.9 Å². The molecule has 0 aliphatic heterocycles. The molecule has 0 bridgehead atoms. The van der Waals surface area contributed by atoms with Gasteiger partial charge in [-0.2, -0.15) is 5.10 Å². The fourth-order valence-electron chi connectivity index (χ4n) is 3.05. The Morgan fingerprint density at radius 2 is 1.88 bits per heavy atom. The predicted molar refractivity (Wildman–Crippen MR) is 103 cm³/mol. The molecule has 1 aliphatic carbocycles. The van der Waals surface area contributed by atoms with Gasteiger partial charge in [-0.3, -0.25) is 9.89 Å². The number of nitrogens with zero attached hydrogens (tertiary/aromatic N) is 1. The zero-order valence-corrected chi connectivity index (χ0v) is 15.9. The first-order chi connectivity index (χ1) is 11.8. The van der Waals surface area contributed by atoms with Gasteiger partial charge in [0.2, 0.25) is 5.91 Å². The summed E-state index contributed by atoms with van der Waals surface area (Å²) in [5.74, 6) is 0.904. The monoisotopic (exact) mass is 339 g/mol. The summed E-state index contributed by atoms with van der Waals surface area (Å²) in [6.45, 7) is 10.7. The Morgan fingerprint density at radius 3 is 2.40 bits per heavy atom. The summed E-state index contributed by atoms with van der Waals surface area (Å²) < 4.78 is 0. The minimum atomic E-state index is 0.0610. The van der Waals surface area contributed by atoms with E-state index in [1.54, 1.807) is 0 Å². The van der Waals surface area contributed by atoms with Gasteiger partial charge in [0.1, 0.15) is 5.69 Å². The Hall–Kier alpha value is -2.10. The van der Waals surface area contributed by atoms with E-state index in [0.29, 0.717) is 18.3 Å². The van der Waals surface area contributed by atoms with Crippen molar-refractivity contribution in [2.45, 2.75) is 65.2 Å². The van der Waals surface area contributed by atoms with Crippen LogP contribution in [0.15, 0.2) is 24.3 Å². The third kappa shape index (κ3) is 4.12. The van der Waals surface area contributed by atoms with Crippen molar-refractivity contribution < 1.29 is 4.79 Å². The number of carbonyl (C=O) groups excluding carboxylic acids is 1. The maximum atomic E-state index is 12.3. The van der Waals surface area contributed by atoms with E-state index >= 15 is 0 Å².